The summed E-state index contributed by atoms with van der Waals surface area (Å²) < 4.78 is 21.7. The molecule has 0 saturated carbocycles. The number of aromatic hydroxyl groups is 3. The van der Waals surface area contributed by atoms with E-state index in [1.165, 1.54) is 25.3 Å². The lowest BCUT2D eigenvalue weighted by Gasteiger charge is -2.19. The quantitative estimate of drug-likeness (QED) is 0.298. The van der Waals surface area contributed by atoms with Crippen LogP contribution in [-0.4, -0.2) is 69.0 Å². The molecule has 6 N–H and O–H groups in total. The Morgan fingerprint density at radius 3 is 2.38 bits per heavy atom. The van der Waals surface area contributed by atoms with E-state index in [-0.39, 0.29) is 28.0 Å². The third-order valence-corrected chi connectivity index (χ3v) is 5.11. The van der Waals surface area contributed by atoms with Crippen LogP contribution >= 0.6 is 0 Å². The maximum Gasteiger partial charge on any atom is 0.239 e. The maximum atomic E-state index is 13.3. The number of ether oxygens (including phenoxy) is 3. The zero-order valence-corrected chi connectivity index (χ0v) is 16.6. The minimum atomic E-state index is -1.60. The van der Waals surface area contributed by atoms with Gasteiger partial charge in [0.2, 0.25) is 17.5 Å². The second kappa shape index (κ2) is 8.20. The average molecular weight is 448 g/mol. The number of hydrogen-bond donors (Lipinski definition) is 6. The molecule has 4 rings (SSSR count). The van der Waals surface area contributed by atoms with E-state index in [0.29, 0.717) is 0 Å². The molecule has 3 aromatic rings. The maximum absolute atomic E-state index is 13.3. The average Bonchev–Trinajstić information content (AvgIpc) is 3.04. The lowest BCUT2D eigenvalue weighted by atomic mass is 10.1. The van der Waals surface area contributed by atoms with Gasteiger partial charge in [-0.15, -0.1) is 0 Å². The monoisotopic (exact) mass is 448 g/mol. The van der Waals surface area contributed by atoms with Gasteiger partial charge >= 0.3 is 0 Å². The lowest BCUT2D eigenvalue weighted by molar-refractivity contribution is -0.117. The number of phenolic OH excluding ortho intramolecular Hbond substituents is 3. The van der Waals surface area contributed by atoms with Crippen LogP contribution in [0.2, 0.25) is 0 Å². The molecule has 1 aromatic heterocycles. The number of phenols is 3. The molecule has 2 aromatic carbocycles. The molecule has 0 aliphatic carbocycles. The molecular weight excluding hydrogens is 428 g/mol. The number of aliphatic hydroxyl groups excluding tert-OH is 3. The summed E-state index contributed by atoms with van der Waals surface area (Å²) in [6.07, 6.45) is -5.78. The fourth-order valence-electron chi connectivity index (χ4n) is 3.42. The summed E-state index contributed by atoms with van der Waals surface area (Å²) in [4.78, 5) is 13.3. The van der Waals surface area contributed by atoms with Crippen LogP contribution in [0.4, 0.5) is 0 Å². The zero-order valence-electron chi connectivity index (χ0n) is 16.6. The van der Waals surface area contributed by atoms with Gasteiger partial charge in [-0.1, -0.05) is 0 Å². The van der Waals surface area contributed by atoms with Crippen molar-refractivity contribution in [1.29, 1.82) is 0 Å². The van der Waals surface area contributed by atoms with Crippen LogP contribution in [0, 0.1) is 0 Å². The van der Waals surface area contributed by atoms with Crippen molar-refractivity contribution in [2.24, 2.45) is 0 Å². The van der Waals surface area contributed by atoms with E-state index in [2.05, 4.69) is 0 Å². The predicted molar refractivity (Wildman–Crippen MR) is 108 cm³/mol. The van der Waals surface area contributed by atoms with Gasteiger partial charge in [-0.3, -0.25) is 4.79 Å². The second-order valence-electron chi connectivity index (χ2n) is 7.14. The smallest absolute Gasteiger partial charge is 0.239 e. The van der Waals surface area contributed by atoms with Gasteiger partial charge in [0.15, 0.2) is 17.3 Å². The van der Waals surface area contributed by atoms with Gasteiger partial charge in [-0.25, -0.2) is 0 Å². The highest BCUT2D eigenvalue weighted by atomic mass is 16.7. The van der Waals surface area contributed by atoms with E-state index in [1.54, 1.807) is 0 Å². The van der Waals surface area contributed by atoms with Crippen LogP contribution in [0.25, 0.3) is 22.3 Å². The summed E-state index contributed by atoms with van der Waals surface area (Å²) >= 11 is 0. The van der Waals surface area contributed by atoms with Crippen molar-refractivity contribution in [3.05, 3.63) is 40.6 Å². The molecule has 11 heteroatoms. The summed E-state index contributed by atoms with van der Waals surface area (Å²) in [5.41, 5.74) is -0.794. The molecule has 2 heterocycles. The number of rotatable bonds is 5. The van der Waals surface area contributed by atoms with Crippen LogP contribution < -0.4 is 14.9 Å². The second-order valence-corrected chi connectivity index (χ2v) is 7.14. The first kappa shape index (κ1) is 21.7. The molecule has 1 aliphatic heterocycles. The van der Waals surface area contributed by atoms with Crippen molar-refractivity contribution in [2.75, 3.05) is 13.7 Å². The van der Waals surface area contributed by atoms with Gasteiger partial charge in [0.1, 0.15) is 40.8 Å². The summed E-state index contributed by atoms with van der Waals surface area (Å²) in [7, 11) is 1.36. The molecule has 1 aliphatic rings. The Morgan fingerprint density at radius 1 is 1.00 bits per heavy atom. The van der Waals surface area contributed by atoms with E-state index in [9.17, 15) is 35.4 Å². The van der Waals surface area contributed by atoms with E-state index in [0.717, 1.165) is 12.1 Å². The van der Waals surface area contributed by atoms with Gasteiger partial charge in [0.05, 0.1) is 13.7 Å². The number of fused-ring (bicyclic) bond motifs is 1. The summed E-state index contributed by atoms with van der Waals surface area (Å²) in [5, 5.41) is 59.1. The first-order chi connectivity index (χ1) is 15.2. The Bertz CT molecular complexity index is 1220. The number of aliphatic hydroxyl groups is 3. The fraction of sp³-hybridized carbons (Fsp3) is 0.286. The summed E-state index contributed by atoms with van der Waals surface area (Å²) in [6.45, 7) is -0.607. The van der Waals surface area contributed by atoms with E-state index < -0.39 is 59.6 Å². The van der Waals surface area contributed by atoms with Crippen molar-refractivity contribution in [1.82, 2.24) is 0 Å². The topological polar surface area (TPSA) is 179 Å². The summed E-state index contributed by atoms with van der Waals surface area (Å²) in [6, 6.07) is 6.17. The standard InChI is InChI=1S/C21H20O11/c1-29-9-5-12(25)15-13(6-9)30-19(8-2-3-10(23)11(24)4-8)20(17(15)27)32-21-18(28)16(26)14(7-22)31-21/h2-6,14,16,18,21-26,28H,7H2,1H3/t14-,16-,18+,21-/m0/s1. The van der Waals surface area contributed by atoms with Gasteiger partial charge in [0, 0.05) is 17.7 Å². The highest BCUT2D eigenvalue weighted by Gasteiger charge is 2.44. The zero-order chi connectivity index (χ0) is 23.2. The Balaban J connectivity index is 1.93. The molecule has 1 saturated heterocycles. The molecule has 0 spiro atoms. The lowest BCUT2D eigenvalue weighted by Crippen LogP contribution is -2.36. The molecule has 0 bridgehead atoms. The van der Waals surface area contributed by atoms with Gasteiger partial charge in [0.25, 0.3) is 0 Å². The van der Waals surface area contributed by atoms with E-state index >= 15 is 0 Å². The minimum absolute atomic E-state index is 0.0667. The number of methoxy groups -OCH3 is 1. The largest absolute Gasteiger partial charge is 0.507 e. The van der Waals surface area contributed by atoms with Crippen LogP contribution in [-0.2, 0) is 4.74 Å². The van der Waals surface area contributed by atoms with Crippen molar-refractivity contribution in [3.63, 3.8) is 0 Å². The van der Waals surface area contributed by atoms with Crippen molar-refractivity contribution in [3.8, 4) is 40.1 Å². The van der Waals surface area contributed by atoms with Crippen molar-refractivity contribution in [2.45, 2.75) is 24.6 Å². The number of benzene rings is 2. The Kier molecular flexibility index (Phi) is 5.57. The Hall–Kier alpha value is -3.51. The third-order valence-electron chi connectivity index (χ3n) is 5.11. The highest BCUT2D eigenvalue weighted by molar-refractivity contribution is 5.88. The molecule has 170 valence electrons. The van der Waals surface area contributed by atoms with E-state index in [1.807, 2.05) is 0 Å². The molecule has 1 fully saturated rings. The van der Waals surface area contributed by atoms with Crippen LogP contribution in [0.15, 0.2) is 39.5 Å². The number of hydrogen-bond acceptors (Lipinski definition) is 11. The Labute approximate surface area is 179 Å². The third kappa shape index (κ3) is 3.56. The molecule has 0 unspecified atom stereocenters. The SMILES string of the molecule is COc1cc(O)c2c(=O)c(O[C@@H]3O[C@@H](CO)[C@H](O)[C@H]3O)c(-c3ccc(O)c(O)c3)oc2c1. The molecule has 4 atom stereocenters. The van der Waals surface area contributed by atoms with E-state index in [4.69, 9.17) is 18.6 Å². The van der Waals surface area contributed by atoms with Crippen LogP contribution in [0.3, 0.4) is 0 Å². The van der Waals surface area contributed by atoms with Crippen LogP contribution in [0.1, 0.15) is 0 Å². The van der Waals surface area contributed by atoms with Crippen molar-refractivity contribution >= 4 is 11.0 Å². The first-order valence-electron chi connectivity index (χ1n) is 9.44. The van der Waals surface area contributed by atoms with Gasteiger partial charge in [-0.2, -0.15) is 0 Å². The highest BCUT2D eigenvalue weighted by Crippen LogP contribution is 2.39. The van der Waals surface area contributed by atoms with Gasteiger partial charge in [-0.05, 0) is 18.2 Å². The molecular formula is C21H20O11. The van der Waals surface area contributed by atoms with Gasteiger partial charge < -0.3 is 49.3 Å². The Morgan fingerprint density at radius 2 is 1.75 bits per heavy atom. The van der Waals surface area contributed by atoms with Crippen LogP contribution in [0.5, 0.6) is 28.7 Å². The molecule has 0 amide bonds. The molecule has 32 heavy (non-hydrogen) atoms. The minimum Gasteiger partial charge on any atom is -0.507 e. The normalized spacial score (nSPS) is 22.9. The van der Waals surface area contributed by atoms with Crippen molar-refractivity contribution < 1.29 is 49.3 Å². The fourth-order valence-corrected chi connectivity index (χ4v) is 3.42. The predicted octanol–water partition coefficient (Wildman–Crippen LogP) is 0.403. The molecule has 0 radical (unpaired) electrons. The summed E-state index contributed by atoms with van der Waals surface area (Å²) in [5.74, 6) is -1.89. The molecule has 11 nitrogen and oxygen atoms in total. The first-order valence-corrected chi connectivity index (χ1v) is 9.44.